The van der Waals surface area contributed by atoms with Crippen LogP contribution in [0.25, 0.3) is 0 Å². The number of aromatic nitrogens is 1. The Kier molecular flexibility index (Phi) is 3.08. The Morgan fingerprint density at radius 1 is 1.56 bits per heavy atom. The highest BCUT2D eigenvalue weighted by atomic mass is 35.5. The van der Waals surface area contributed by atoms with Crippen LogP contribution in [-0.2, 0) is 6.61 Å². The molecule has 0 radical (unpaired) electrons. The van der Waals surface area contributed by atoms with Crippen molar-refractivity contribution in [1.82, 2.24) is 4.98 Å². The molecular weight excluding hydrogens is 224 g/mol. The first kappa shape index (κ1) is 11.7. The van der Waals surface area contributed by atoms with Gasteiger partial charge in [0.05, 0.1) is 11.6 Å². The number of aliphatic hydroxyl groups is 1. The van der Waals surface area contributed by atoms with Gasteiger partial charge in [0.2, 0.25) is 0 Å². The van der Waals surface area contributed by atoms with Crippen LogP contribution >= 0.6 is 11.6 Å². The Morgan fingerprint density at radius 3 is 2.81 bits per heavy atom. The second-order valence-corrected chi connectivity index (χ2v) is 5.28. The molecule has 1 aliphatic rings. The molecule has 1 N–H and O–H groups in total. The van der Waals surface area contributed by atoms with E-state index < -0.39 is 0 Å². The first-order chi connectivity index (χ1) is 7.54. The van der Waals surface area contributed by atoms with E-state index in [0.717, 1.165) is 24.3 Å². The SMILES string of the molecule is CC1(C)CCCN1c1ncc(CO)cc1Cl. The smallest absolute Gasteiger partial charge is 0.147 e. The zero-order valence-electron chi connectivity index (χ0n) is 9.70. The van der Waals surface area contributed by atoms with Gasteiger partial charge in [0, 0.05) is 18.3 Å². The Morgan fingerprint density at radius 2 is 2.31 bits per heavy atom. The fourth-order valence-electron chi connectivity index (χ4n) is 2.26. The zero-order chi connectivity index (χ0) is 11.8. The lowest BCUT2D eigenvalue weighted by molar-refractivity contribution is 0.281. The predicted molar refractivity (Wildman–Crippen MR) is 65.8 cm³/mol. The number of hydrogen-bond acceptors (Lipinski definition) is 3. The summed E-state index contributed by atoms with van der Waals surface area (Å²) in [6.07, 6.45) is 4.02. The minimum Gasteiger partial charge on any atom is -0.392 e. The maximum absolute atomic E-state index is 9.01. The number of pyridine rings is 1. The van der Waals surface area contributed by atoms with Gasteiger partial charge in [0.15, 0.2) is 0 Å². The summed E-state index contributed by atoms with van der Waals surface area (Å²) in [7, 11) is 0. The highest BCUT2D eigenvalue weighted by Crippen LogP contribution is 2.36. The number of aliphatic hydroxyl groups excluding tert-OH is 1. The quantitative estimate of drug-likeness (QED) is 0.863. The summed E-state index contributed by atoms with van der Waals surface area (Å²) < 4.78 is 0. The maximum atomic E-state index is 9.01. The largest absolute Gasteiger partial charge is 0.392 e. The highest BCUT2D eigenvalue weighted by Gasteiger charge is 2.33. The van der Waals surface area contributed by atoms with Crippen molar-refractivity contribution in [1.29, 1.82) is 0 Å². The van der Waals surface area contributed by atoms with Gasteiger partial charge in [-0.2, -0.15) is 0 Å². The summed E-state index contributed by atoms with van der Waals surface area (Å²) in [4.78, 5) is 6.61. The molecule has 0 spiro atoms. The van der Waals surface area contributed by atoms with E-state index in [9.17, 15) is 0 Å². The monoisotopic (exact) mass is 240 g/mol. The van der Waals surface area contributed by atoms with Crippen LogP contribution in [0.5, 0.6) is 0 Å². The van der Waals surface area contributed by atoms with Gasteiger partial charge in [0.1, 0.15) is 5.82 Å². The van der Waals surface area contributed by atoms with Crippen molar-refractivity contribution in [2.24, 2.45) is 0 Å². The van der Waals surface area contributed by atoms with E-state index in [0.29, 0.717) is 5.02 Å². The van der Waals surface area contributed by atoms with Crippen molar-refractivity contribution in [3.05, 3.63) is 22.8 Å². The fourth-order valence-corrected chi connectivity index (χ4v) is 2.55. The van der Waals surface area contributed by atoms with Gasteiger partial charge < -0.3 is 10.0 Å². The topological polar surface area (TPSA) is 36.4 Å². The summed E-state index contributed by atoms with van der Waals surface area (Å²) in [5, 5.41) is 9.64. The average Bonchev–Trinajstić information content (AvgIpc) is 2.58. The zero-order valence-corrected chi connectivity index (χ0v) is 10.5. The molecule has 88 valence electrons. The summed E-state index contributed by atoms with van der Waals surface area (Å²) in [6.45, 7) is 5.39. The standard InChI is InChI=1S/C12H17ClN2O/c1-12(2)4-3-5-15(12)11-10(13)6-9(8-16)7-14-11/h6-7,16H,3-5,8H2,1-2H3. The minimum atomic E-state index is -0.0175. The van der Waals surface area contributed by atoms with Gasteiger partial charge in [-0.15, -0.1) is 0 Å². The van der Waals surface area contributed by atoms with Gasteiger partial charge >= 0.3 is 0 Å². The maximum Gasteiger partial charge on any atom is 0.147 e. The third-order valence-corrected chi connectivity index (χ3v) is 3.50. The molecule has 1 aliphatic heterocycles. The Hall–Kier alpha value is -0.800. The molecular formula is C12H17ClN2O. The number of rotatable bonds is 2. The summed E-state index contributed by atoms with van der Waals surface area (Å²) in [6, 6.07) is 1.79. The van der Waals surface area contributed by atoms with Crippen LogP contribution in [0.2, 0.25) is 5.02 Å². The molecule has 0 aliphatic carbocycles. The van der Waals surface area contributed by atoms with Crippen LogP contribution in [0.3, 0.4) is 0 Å². The molecule has 4 heteroatoms. The second-order valence-electron chi connectivity index (χ2n) is 4.87. The van der Waals surface area contributed by atoms with E-state index in [4.69, 9.17) is 16.7 Å². The van der Waals surface area contributed by atoms with E-state index in [1.165, 1.54) is 6.42 Å². The van der Waals surface area contributed by atoms with Gasteiger partial charge in [-0.1, -0.05) is 11.6 Å². The molecule has 1 aromatic heterocycles. The lowest BCUT2D eigenvalue weighted by atomic mass is 10.0. The summed E-state index contributed by atoms with van der Waals surface area (Å²) in [5.41, 5.74) is 0.878. The number of halogens is 1. The molecule has 0 aromatic carbocycles. The van der Waals surface area contributed by atoms with Gasteiger partial charge in [-0.3, -0.25) is 0 Å². The van der Waals surface area contributed by atoms with Crippen molar-refractivity contribution in [3.8, 4) is 0 Å². The molecule has 0 saturated carbocycles. The Bertz CT molecular complexity index is 393. The Balaban J connectivity index is 2.34. The molecule has 16 heavy (non-hydrogen) atoms. The third-order valence-electron chi connectivity index (χ3n) is 3.22. The van der Waals surface area contributed by atoms with E-state index in [-0.39, 0.29) is 12.1 Å². The molecule has 0 amide bonds. The van der Waals surface area contributed by atoms with Crippen LogP contribution in [0.1, 0.15) is 32.3 Å². The first-order valence-corrected chi connectivity index (χ1v) is 5.95. The molecule has 1 fully saturated rings. The van der Waals surface area contributed by atoms with Crippen molar-refractivity contribution >= 4 is 17.4 Å². The average molecular weight is 241 g/mol. The van der Waals surface area contributed by atoms with Crippen molar-refractivity contribution in [2.75, 3.05) is 11.4 Å². The minimum absolute atomic E-state index is 0.0175. The molecule has 0 bridgehead atoms. The Labute approximate surface area is 101 Å². The lowest BCUT2D eigenvalue weighted by Crippen LogP contribution is -2.38. The van der Waals surface area contributed by atoms with E-state index in [2.05, 4.69) is 23.7 Å². The van der Waals surface area contributed by atoms with Gasteiger partial charge in [0.25, 0.3) is 0 Å². The van der Waals surface area contributed by atoms with Crippen molar-refractivity contribution in [3.63, 3.8) is 0 Å². The second kappa shape index (κ2) is 4.22. The van der Waals surface area contributed by atoms with E-state index in [1.807, 2.05) is 0 Å². The molecule has 3 nitrogen and oxygen atoms in total. The number of anilines is 1. The number of hydrogen-bond donors (Lipinski definition) is 1. The fraction of sp³-hybridized carbons (Fsp3) is 0.583. The molecule has 1 saturated heterocycles. The molecule has 2 rings (SSSR count). The van der Waals surface area contributed by atoms with Gasteiger partial charge in [-0.25, -0.2) is 4.98 Å². The predicted octanol–water partition coefficient (Wildman–Crippen LogP) is 2.61. The van der Waals surface area contributed by atoms with Gasteiger partial charge in [-0.05, 0) is 38.3 Å². The number of nitrogens with zero attached hydrogens (tertiary/aromatic N) is 2. The van der Waals surface area contributed by atoms with Crippen molar-refractivity contribution < 1.29 is 5.11 Å². The van der Waals surface area contributed by atoms with E-state index >= 15 is 0 Å². The normalized spacial score (nSPS) is 19.1. The first-order valence-electron chi connectivity index (χ1n) is 5.57. The van der Waals surface area contributed by atoms with Crippen molar-refractivity contribution in [2.45, 2.75) is 38.8 Å². The molecule has 0 unspecified atom stereocenters. The molecule has 0 atom stereocenters. The third kappa shape index (κ3) is 2.02. The molecule has 2 heterocycles. The van der Waals surface area contributed by atoms with Crippen LogP contribution in [0, 0.1) is 0 Å². The molecule has 1 aromatic rings. The summed E-state index contributed by atoms with van der Waals surface area (Å²) >= 11 is 6.20. The van der Waals surface area contributed by atoms with E-state index in [1.54, 1.807) is 12.3 Å². The van der Waals surface area contributed by atoms with Crippen LogP contribution < -0.4 is 4.90 Å². The summed E-state index contributed by atoms with van der Waals surface area (Å²) in [5.74, 6) is 0.835. The van der Waals surface area contributed by atoms with Crippen LogP contribution in [0.4, 0.5) is 5.82 Å². The highest BCUT2D eigenvalue weighted by molar-refractivity contribution is 6.33. The lowest BCUT2D eigenvalue weighted by Gasteiger charge is -2.33. The van der Waals surface area contributed by atoms with Crippen LogP contribution in [-0.4, -0.2) is 22.2 Å². The van der Waals surface area contributed by atoms with Crippen LogP contribution in [0.15, 0.2) is 12.3 Å².